The Labute approximate surface area is 127 Å². The van der Waals surface area contributed by atoms with Crippen LogP contribution in [-0.2, 0) is 6.42 Å². The lowest BCUT2D eigenvalue weighted by Gasteiger charge is -2.15. The second kappa shape index (κ2) is 7.31. The number of hydrogen-bond acceptors (Lipinski definition) is 5. The van der Waals surface area contributed by atoms with Gasteiger partial charge in [0.2, 0.25) is 0 Å². The maximum Gasteiger partial charge on any atom is 0.271 e. The van der Waals surface area contributed by atoms with Crippen LogP contribution in [0.15, 0.2) is 35.7 Å². The van der Waals surface area contributed by atoms with E-state index in [1.807, 2.05) is 37.3 Å². The van der Waals surface area contributed by atoms with Crippen molar-refractivity contribution in [1.82, 2.24) is 10.3 Å². The maximum atomic E-state index is 12.1. The summed E-state index contributed by atoms with van der Waals surface area (Å²) < 4.78 is 0. The predicted molar refractivity (Wildman–Crippen MR) is 83.2 cm³/mol. The van der Waals surface area contributed by atoms with Crippen LogP contribution < -0.4 is 11.1 Å². The molecule has 0 radical (unpaired) electrons. The minimum Gasteiger partial charge on any atom is -0.394 e. The van der Waals surface area contributed by atoms with E-state index in [0.29, 0.717) is 12.1 Å². The monoisotopic (exact) mass is 305 g/mol. The fraction of sp³-hybridized carbons (Fsp3) is 0.333. The Morgan fingerprint density at radius 1 is 1.43 bits per heavy atom. The Bertz CT molecular complexity index is 584. The number of carbonyl (C=O) groups is 1. The number of carbonyl (C=O) groups excluding carboxylic acids is 1. The number of nitrogens with one attached hydrogen (secondary N) is 1. The molecule has 0 saturated heterocycles. The van der Waals surface area contributed by atoms with Crippen LogP contribution in [0.1, 0.15) is 34.0 Å². The molecule has 1 aromatic heterocycles. The van der Waals surface area contributed by atoms with Crippen LogP contribution in [0, 0.1) is 0 Å². The van der Waals surface area contributed by atoms with Gasteiger partial charge in [-0.3, -0.25) is 4.79 Å². The summed E-state index contributed by atoms with van der Waals surface area (Å²) in [5.41, 5.74) is 7.14. The smallest absolute Gasteiger partial charge is 0.271 e. The van der Waals surface area contributed by atoms with Crippen LogP contribution in [0.25, 0.3) is 0 Å². The standard InChI is InChI=1S/C15H19N3O2S/c1-10(16)15-18-13(9-21-15)14(20)17-12(8-19)7-11-5-3-2-4-6-11/h2-6,9-10,12,19H,7-8,16H2,1H3,(H,17,20)/t10?,12-/m0/s1. The molecule has 6 heteroatoms. The zero-order valence-electron chi connectivity index (χ0n) is 11.8. The van der Waals surface area contributed by atoms with E-state index in [0.717, 1.165) is 10.6 Å². The SMILES string of the molecule is CC(N)c1nc(C(=O)N[C@H](CO)Cc2ccccc2)cs1. The molecule has 0 saturated carbocycles. The highest BCUT2D eigenvalue weighted by molar-refractivity contribution is 7.09. The highest BCUT2D eigenvalue weighted by Crippen LogP contribution is 2.16. The predicted octanol–water partition coefficient (Wildman–Crippen LogP) is 1.50. The van der Waals surface area contributed by atoms with Gasteiger partial charge in [-0.15, -0.1) is 11.3 Å². The normalized spacial score (nSPS) is 13.7. The summed E-state index contributed by atoms with van der Waals surface area (Å²) in [6.07, 6.45) is 0.577. The first-order valence-electron chi connectivity index (χ1n) is 6.76. The molecular formula is C15H19N3O2S. The summed E-state index contributed by atoms with van der Waals surface area (Å²) in [6.45, 7) is 1.71. The zero-order valence-corrected chi connectivity index (χ0v) is 12.6. The molecule has 2 atom stereocenters. The maximum absolute atomic E-state index is 12.1. The van der Waals surface area contributed by atoms with Gasteiger partial charge in [-0.25, -0.2) is 4.98 Å². The highest BCUT2D eigenvalue weighted by Gasteiger charge is 2.17. The number of benzene rings is 1. The number of thiazole rings is 1. The van der Waals surface area contributed by atoms with Gasteiger partial charge < -0.3 is 16.2 Å². The Balaban J connectivity index is 1.99. The summed E-state index contributed by atoms with van der Waals surface area (Å²) >= 11 is 1.37. The number of nitrogens with zero attached hydrogens (tertiary/aromatic N) is 1. The fourth-order valence-electron chi connectivity index (χ4n) is 1.92. The van der Waals surface area contributed by atoms with Gasteiger partial charge in [0.05, 0.1) is 18.7 Å². The van der Waals surface area contributed by atoms with Crippen molar-refractivity contribution >= 4 is 17.2 Å². The lowest BCUT2D eigenvalue weighted by atomic mass is 10.1. The quantitative estimate of drug-likeness (QED) is 0.754. The number of nitrogens with two attached hydrogens (primary N) is 1. The molecule has 112 valence electrons. The molecule has 0 spiro atoms. The molecule has 1 unspecified atom stereocenters. The van der Waals surface area contributed by atoms with Gasteiger partial charge in [0.25, 0.3) is 5.91 Å². The van der Waals surface area contributed by atoms with E-state index in [-0.39, 0.29) is 24.6 Å². The molecule has 0 aliphatic rings. The van der Waals surface area contributed by atoms with Crippen molar-refractivity contribution in [2.45, 2.75) is 25.4 Å². The minimum absolute atomic E-state index is 0.120. The van der Waals surface area contributed by atoms with Gasteiger partial charge in [-0.1, -0.05) is 30.3 Å². The zero-order chi connectivity index (χ0) is 15.2. The van der Waals surface area contributed by atoms with Gasteiger partial charge in [0, 0.05) is 5.38 Å². The van der Waals surface area contributed by atoms with E-state index in [1.54, 1.807) is 5.38 Å². The summed E-state index contributed by atoms with van der Waals surface area (Å²) in [6, 6.07) is 9.20. The van der Waals surface area contributed by atoms with Crippen molar-refractivity contribution in [3.63, 3.8) is 0 Å². The molecule has 0 aliphatic carbocycles. The lowest BCUT2D eigenvalue weighted by molar-refractivity contribution is 0.0912. The van der Waals surface area contributed by atoms with Crippen LogP contribution >= 0.6 is 11.3 Å². The summed E-state index contributed by atoms with van der Waals surface area (Å²) in [5.74, 6) is -0.284. The Morgan fingerprint density at radius 2 is 2.14 bits per heavy atom. The van der Waals surface area contributed by atoms with E-state index in [4.69, 9.17) is 5.73 Å². The Kier molecular flexibility index (Phi) is 5.44. The molecule has 21 heavy (non-hydrogen) atoms. The molecule has 5 nitrogen and oxygen atoms in total. The van der Waals surface area contributed by atoms with E-state index < -0.39 is 0 Å². The van der Waals surface area contributed by atoms with Crippen LogP contribution in [0.5, 0.6) is 0 Å². The van der Waals surface area contributed by atoms with Crippen LogP contribution in [-0.4, -0.2) is 28.6 Å². The topological polar surface area (TPSA) is 88.2 Å². The van der Waals surface area contributed by atoms with E-state index in [1.165, 1.54) is 11.3 Å². The number of aliphatic hydroxyl groups excluding tert-OH is 1. The van der Waals surface area contributed by atoms with E-state index in [9.17, 15) is 9.90 Å². The Morgan fingerprint density at radius 3 is 2.71 bits per heavy atom. The third-order valence-corrected chi connectivity index (χ3v) is 4.07. The number of aliphatic hydroxyl groups is 1. The van der Waals surface area contributed by atoms with Crippen LogP contribution in [0.3, 0.4) is 0 Å². The van der Waals surface area contributed by atoms with Crippen molar-refractivity contribution in [3.05, 3.63) is 52.0 Å². The van der Waals surface area contributed by atoms with E-state index >= 15 is 0 Å². The third-order valence-electron chi connectivity index (χ3n) is 3.02. The fourth-order valence-corrected chi connectivity index (χ4v) is 2.68. The van der Waals surface area contributed by atoms with Crippen LogP contribution in [0.2, 0.25) is 0 Å². The average Bonchev–Trinajstić information content (AvgIpc) is 2.97. The van der Waals surface area contributed by atoms with Gasteiger partial charge in [-0.05, 0) is 18.9 Å². The van der Waals surface area contributed by atoms with Crippen molar-refractivity contribution < 1.29 is 9.90 Å². The summed E-state index contributed by atoms with van der Waals surface area (Å²) in [7, 11) is 0. The van der Waals surface area contributed by atoms with Crippen molar-refractivity contribution in [1.29, 1.82) is 0 Å². The number of rotatable bonds is 6. The van der Waals surface area contributed by atoms with E-state index in [2.05, 4.69) is 10.3 Å². The van der Waals surface area contributed by atoms with Crippen LogP contribution in [0.4, 0.5) is 0 Å². The molecule has 1 aromatic carbocycles. The molecule has 1 heterocycles. The molecule has 0 fully saturated rings. The number of aromatic nitrogens is 1. The minimum atomic E-state index is -0.333. The molecule has 0 bridgehead atoms. The largest absolute Gasteiger partial charge is 0.394 e. The molecule has 1 amide bonds. The highest BCUT2D eigenvalue weighted by atomic mass is 32.1. The van der Waals surface area contributed by atoms with Crippen molar-refractivity contribution in [3.8, 4) is 0 Å². The van der Waals surface area contributed by atoms with Crippen molar-refractivity contribution in [2.24, 2.45) is 5.73 Å². The number of amides is 1. The third kappa shape index (κ3) is 4.35. The molecule has 2 aromatic rings. The number of hydrogen-bond donors (Lipinski definition) is 3. The lowest BCUT2D eigenvalue weighted by Crippen LogP contribution is -2.39. The van der Waals surface area contributed by atoms with Gasteiger partial charge in [0.1, 0.15) is 10.7 Å². The first-order chi connectivity index (χ1) is 10.1. The van der Waals surface area contributed by atoms with Crippen molar-refractivity contribution in [2.75, 3.05) is 6.61 Å². The molecule has 0 aliphatic heterocycles. The van der Waals surface area contributed by atoms with Gasteiger partial charge >= 0.3 is 0 Å². The van der Waals surface area contributed by atoms with Gasteiger partial charge in [-0.2, -0.15) is 0 Å². The average molecular weight is 305 g/mol. The van der Waals surface area contributed by atoms with Gasteiger partial charge in [0.15, 0.2) is 0 Å². The first kappa shape index (κ1) is 15.6. The Hall–Kier alpha value is -1.76. The second-order valence-electron chi connectivity index (χ2n) is 4.90. The summed E-state index contributed by atoms with van der Waals surface area (Å²) in [5, 5.41) is 14.6. The summed E-state index contributed by atoms with van der Waals surface area (Å²) in [4.78, 5) is 16.3. The second-order valence-corrected chi connectivity index (χ2v) is 5.79. The molecular weight excluding hydrogens is 286 g/mol. The molecule has 4 N–H and O–H groups in total. The molecule has 2 rings (SSSR count). The first-order valence-corrected chi connectivity index (χ1v) is 7.64.